The first-order chi connectivity index (χ1) is 16.6. The molecular formula is C25H21ClN4O3S. The van der Waals surface area contributed by atoms with Crippen molar-refractivity contribution in [1.82, 2.24) is 14.8 Å². The summed E-state index contributed by atoms with van der Waals surface area (Å²) in [5.74, 6) is 0.827. The van der Waals surface area contributed by atoms with E-state index in [0.717, 1.165) is 23.1 Å². The lowest BCUT2D eigenvalue weighted by molar-refractivity contribution is -0.113. The molecule has 0 spiro atoms. The lowest BCUT2D eigenvalue weighted by Gasteiger charge is -2.06. The van der Waals surface area contributed by atoms with Crippen LogP contribution in [0.3, 0.4) is 0 Å². The molecule has 0 fully saturated rings. The van der Waals surface area contributed by atoms with Gasteiger partial charge in [-0.15, -0.1) is 10.2 Å². The lowest BCUT2D eigenvalue weighted by atomic mass is 10.1. The number of ether oxygens (including phenoxy) is 1. The number of carbonyl (C=O) groups is 1. The first-order valence-electron chi connectivity index (χ1n) is 10.8. The minimum Gasteiger partial charge on any atom is -0.482 e. The molecule has 2 heterocycles. The molecule has 0 saturated heterocycles. The van der Waals surface area contributed by atoms with Crippen molar-refractivity contribution in [3.05, 3.63) is 77.6 Å². The van der Waals surface area contributed by atoms with Gasteiger partial charge in [-0.3, -0.25) is 4.79 Å². The van der Waals surface area contributed by atoms with Crippen molar-refractivity contribution < 1.29 is 13.9 Å². The van der Waals surface area contributed by atoms with Crippen LogP contribution in [-0.2, 0) is 17.9 Å². The summed E-state index contributed by atoms with van der Waals surface area (Å²) >= 11 is 7.24. The highest BCUT2D eigenvalue weighted by Gasteiger charge is 2.13. The van der Waals surface area contributed by atoms with Crippen LogP contribution < -0.4 is 10.1 Å². The number of aromatic nitrogens is 3. The number of carbonyl (C=O) groups excluding carboxylic acids is 1. The largest absolute Gasteiger partial charge is 0.482 e. The van der Waals surface area contributed by atoms with Crippen LogP contribution in [0.25, 0.3) is 21.8 Å². The highest BCUT2D eigenvalue weighted by atomic mass is 35.5. The molecule has 5 aromatic rings. The number of halogens is 1. The summed E-state index contributed by atoms with van der Waals surface area (Å²) < 4.78 is 13.4. The number of aryl methyl sites for hydroxylation is 1. The molecule has 0 unspecified atom stereocenters. The number of benzene rings is 3. The first-order valence-corrected chi connectivity index (χ1v) is 12.1. The topological polar surface area (TPSA) is 82.2 Å². The smallest absolute Gasteiger partial charge is 0.277 e. The summed E-state index contributed by atoms with van der Waals surface area (Å²) in [5.41, 5.74) is 3.08. The molecule has 0 bridgehead atoms. The van der Waals surface area contributed by atoms with Crippen LogP contribution in [0.1, 0.15) is 12.8 Å². The molecule has 0 aliphatic heterocycles. The van der Waals surface area contributed by atoms with Gasteiger partial charge in [0.1, 0.15) is 5.75 Å². The van der Waals surface area contributed by atoms with E-state index in [4.69, 9.17) is 20.8 Å². The second kappa shape index (κ2) is 9.79. The summed E-state index contributed by atoms with van der Waals surface area (Å²) in [6, 6.07) is 21.4. The van der Waals surface area contributed by atoms with Crippen LogP contribution in [0, 0.1) is 0 Å². The SMILES string of the molecule is CCn1c2ccccc2c2cc(NC(=O)CSc3nnc(COc4ccccc4Cl)o3)ccc21. The maximum Gasteiger partial charge on any atom is 0.277 e. The van der Waals surface area contributed by atoms with E-state index in [2.05, 4.69) is 39.1 Å². The minimum atomic E-state index is -0.157. The summed E-state index contributed by atoms with van der Waals surface area (Å²) in [6.07, 6.45) is 0. The van der Waals surface area contributed by atoms with Gasteiger partial charge in [0.15, 0.2) is 6.61 Å². The highest BCUT2D eigenvalue weighted by molar-refractivity contribution is 7.99. The molecule has 5 rings (SSSR count). The van der Waals surface area contributed by atoms with Gasteiger partial charge in [0.25, 0.3) is 11.1 Å². The monoisotopic (exact) mass is 492 g/mol. The van der Waals surface area contributed by atoms with Gasteiger partial charge >= 0.3 is 0 Å². The third-order valence-electron chi connectivity index (χ3n) is 5.34. The molecule has 0 aliphatic carbocycles. The van der Waals surface area contributed by atoms with E-state index in [0.29, 0.717) is 21.9 Å². The Morgan fingerprint density at radius 1 is 1.06 bits per heavy atom. The van der Waals surface area contributed by atoms with Crippen LogP contribution in [0.2, 0.25) is 5.02 Å². The Hall–Kier alpha value is -3.49. The molecule has 0 radical (unpaired) electrons. The second-order valence-electron chi connectivity index (χ2n) is 7.51. The van der Waals surface area contributed by atoms with E-state index in [-0.39, 0.29) is 18.3 Å². The molecule has 3 aromatic carbocycles. The van der Waals surface area contributed by atoms with Gasteiger partial charge in [0.05, 0.1) is 10.8 Å². The van der Waals surface area contributed by atoms with Crippen LogP contribution in [-0.4, -0.2) is 26.4 Å². The van der Waals surface area contributed by atoms with E-state index >= 15 is 0 Å². The van der Waals surface area contributed by atoms with Crippen molar-refractivity contribution in [1.29, 1.82) is 0 Å². The Bertz CT molecular complexity index is 1480. The van der Waals surface area contributed by atoms with E-state index in [1.165, 1.54) is 22.7 Å². The van der Waals surface area contributed by atoms with Crippen molar-refractivity contribution in [3.63, 3.8) is 0 Å². The number of para-hydroxylation sites is 2. The van der Waals surface area contributed by atoms with Gasteiger partial charge in [-0.05, 0) is 43.3 Å². The van der Waals surface area contributed by atoms with Gasteiger partial charge in [-0.1, -0.05) is 53.7 Å². The molecule has 1 amide bonds. The molecule has 0 aliphatic rings. The van der Waals surface area contributed by atoms with Gasteiger partial charge in [-0.25, -0.2) is 0 Å². The zero-order valence-electron chi connectivity index (χ0n) is 18.3. The molecule has 0 saturated carbocycles. The average molecular weight is 493 g/mol. The van der Waals surface area contributed by atoms with Crippen LogP contribution in [0.5, 0.6) is 5.75 Å². The van der Waals surface area contributed by atoms with Gasteiger partial charge in [0.2, 0.25) is 5.91 Å². The third kappa shape index (κ3) is 4.60. The molecular weight excluding hydrogens is 472 g/mol. The Kier molecular flexibility index (Phi) is 6.42. The van der Waals surface area contributed by atoms with Gasteiger partial charge in [0, 0.05) is 34.0 Å². The van der Waals surface area contributed by atoms with E-state index < -0.39 is 0 Å². The van der Waals surface area contributed by atoms with Crippen LogP contribution in [0.15, 0.2) is 76.4 Å². The van der Waals surface area contributed by atoms with E-state index in [9.17, 15) is 4.79 Å². The zero-order chi connectivity index (χ0) is 23.5. The molecule has 0 atom stereocenters. The van der Waals surface area contributed by atoms with Gasteiger partial charge in [-0.2, -0.15) is 0 Å². The molecule has 1 N–H and O–H groups in total. The molecule has 34 heavy (non-hydrogen) atoms. The van der Waals surface area contributed by atoms with Gasteiger partial charge < -0.3 is 19.0 Å². The predicted octanol–water partition coefficient (Wildman–Crippen LogP) is 6.16. The molecule has 9 heteroatoms. The fourth-order valence-corrected chi connectivity index (χ4v) is 4.62. The van der Waals surface area contributed by atoms with Crippen LogP contribution >= 0.6 is 23.4 Å². The lowest BCUT2D eigenvalue weighted by Crippen LogP contribution is -2.13. The number of thioether (sulfide) groups is 1. The Labute approximate surface area is 205 Å². The summed E-state index contributed by atoms with van der Waals surface area (Å²) in [5, 5.41) is 14.0. The fraction of sp³-hybridized carbons (Fsp3) is 0.160. The van der Waals surface area contributed by atoms with Crippen molar-refractivity contribution >= 4 is 56.8 Å². The fourth-order valence-electron chi connectivity index (χ4n) is 3.85. The summed E-state index contributed by atoms with van der Waals surface area (Å²) in [6.45, 7) is 3.10. The van der Waals surface area contributed by atoms with E-state index in [1.54, 1.807) is 12.1 Å². The second-order valence-corrected chi connectivity index (χ2v) is 8.84. The van der Waals surface area contributed by atoms with Crippen molar-refractivity contribution in [2.75, 3.05) is 11.1 Å². The van der Waals surface area contributed by atoms with E-state index in [1.807, 2.05) is 42.5 Å². The Balaban J connectivity index is 1.20. The molecule has 7 nitrogen and oxygen atoms in total. The number of nitrogens with one attached hydrogen (secondary N) is 1. The number of hydrogen-bond acceptors (Lipinski definition) is 6. The third-order valence-corrected chi connectivity index (χ3v) is 6.47. The number of rotatable bonds is 8. The zero-order valence-corrected chi connectivity index (χ0v) is 19.9. The standard InChI is InChI=1S/C25H21ClN4O3S/c1-2-30-20-9-5-3-7-17(20)18-13-16(11-12-21(18)30)27-23(31)15-34-25-29-28-24(33-25)14-32-22-10-6-4-8-19(22)26/h3-13H,2,14-15H2,1H3,(H,27,31). The number of amides is 1. The number of anilines is 1. The number of nitrogens with zero attached hydrogens (tertiary/aromatic N) is 3. The normalized spacial score (nSPS) is 11.2. The summed E-state index contributed by atoms with van der Waals surface area (Å²) in [4.78, 5) is 12.5. The minimum absolute atomic E-state index is 0.0921. The van der Waals surface area contributed by atoms with Crippen molar-refractivity contribution in [2.24, 2.45) is 0 Å². The highest BCUT2D eigenvalue weighted by Crippen LogP contribution is 2.31. The first kappa shape index (κ1) is 22.3. The maximum absolute atomic E-state index is 12.5. The number of hydrogen-bond donors (Lipinski definition) is 1. The molecule has 2 aromatic heterocycles. The Morgan fingerprint density at radius 2 is 1.85 bits per heavy atom. The van der Waals surface area contributed by atoms with Crippen molar-refractivity contribution in [2.45, 2.75) is 25.3 Å². The average Bonchev–Trinajstić information content (AvgIpc) is 3.44. The van der Waals surface area contributed by atoms with Crippen molar-refractivity contribution in [3.8, 4) is 5.75 Å². The quantitative estimate of drug-likeness (QED) is 0.261. The predicted molar refractivity (Wildman–Crippen MR) is 135 cm³/mol. The Morgan fingerprint density at radius 3 is 2.71 bits per heavy atom. The van der Waals surface area contributed by atoms with Crippen LogP contribution in [0.4, 0.5) is 5.69 Å². The number of fused-ring (bicyclic) bond motifs is 3. The maximum atomic E-state index is 12.5. The molecule has 172 valence electrons. The summed E-state index contributed by atoms with van der Waals surface area (Å²) in [7, 11) is 0.